The Bertz CT molecular complexity index is 416. The second-order valence-electron chi connectivity index (χ2n) is 4.92. The Hall–Kier alpha value is -1.20. The van der Waals surface area contributed by atoms with Crippen molar-refractivity contribution in [1.29, 1.82) is 0 Å². The summed E-state index contributed by atoms with van der Waals surface area (Å²) < 4.78 is 33.8. The number of hydrogen-bond acceptors (Lipinski definition) is 3. The van der Waals surface area contributed by atoms with Crippen LogP contribution in [0.2, 0.25) is 0 Å². The molecule has 1 atom stereocenters. The SMILES string of the molecule is CNCc1cc(F)c(N2CCCOC(C)C2)c(F)c1. The van der Waals surface area contributed by atoms with E-state index >= 15 is 0 Å². The van der Waals surface area contributed by atoms with Crippen LogP contribution < -0.4 is 10.2 Å². The summed E-state index contributed by atoms with van der Waals surface area (Å²) in [5.74, 6) is -1.00. The van der Waals surface area contributed by atoms with Gasteiger partial charge >= 0.3 is 0 Å². The minimum atomic E-state index is -0.501. The molecule has 1 heterocycles. The van der Waals surface area contributed by atoms with Crippen molar-refractivity contribution in [1.82, 2.24) is 5.32 Å². The van der Waals surface area contributed by atoms with E-state index in [2.05, 4.69) is 5.32 Å². The molecular weight excluding hydrogens is 250 g/mol. The Kier molecular flexibility index (Phi) is 4.71. The number of rotatable bonds is 3. The molecule has 0 saturated carbocycles. The maximum absolute atomic E-state index is 14.1. The molecule has 0 amide bonds. The van der Waals surface area contributed by atoms with Crippen molar-refractivity contribution in [3.63, 3.8) is 0 Å². The fourth-order valence-corrected chi connectivity index (χ4v) is 2.42. The number of benzene rings is 1. The molecule has 3 nitrogen and oxygen atoms in total. The van der Waals surface area contributed by atoms with Crippen molar-refractivity contribution in [2.24, 2.45) is 0 Å². The lowest BCUT2D eigenvalue weighted by atomic mass is 10.1. The predicted octanol–water partition coefficient (Wildman–Crippen LogP) is 2.30. The van der Waals surface area contributed by atoms with E-state index in [1.807, 2.05) is 6.92 Å². The van der Waals surface area contributed by atoms with Gasteiger partial charge in [0.1, 0.15) is 17.3 Å². The Balaban J connectivity index is 2.27. The smallest absolute Gasteiger partial charge is 0.149 e. The van der Waals surface area contributed by atoms with Crippen molar-refractivity contribution < 1.29 is 13.5 Å². The maximum Gasteiger partial charge on any atom is 0.149 e. The van der Waals surface area contributed by atoms with Gasteiger partial charge < -0.3 is 15.0 Å². The monoisotopic (exact) mass is 270 g/mol. The van der Waals surface area contributed by atoms with Gasteiger partial charge in [-0.15, -0.1) is 0 Å². The Morgan fingerprint density at radius 1 is 1.37 bits per heavy atom. The molecule has 1 aromatic rings. The zero-order valence-electron chi connectivity index (χ0n) is 11.4. The molecule has 0 aromatic heterocycles. The van der Waals surface area contributed by atoms with E-state index in [9.17, 15) is 8.78 Å². The third-order valence-electron chi connectivity index (χ3n) is 3.23. The van der Waals surface area contributed by atoms with Gasteiger partial charge in [-0.2, -0.15) is 0 Å². The number of halogens is 2. The van der Waals surface area contributed by atoms with Crippen molar-refractivity contribution in [2.45, 2.75) is 26.0 Å². The van der Waals surface area contributed by atoms with Gasteiger partial charge in [0, 0.05) is 26.2 Å². The molecule has 2 rings (SSSR count). The van der Waals surface area contributed by atoms with Gasteiger partial charge in [0.05, 0.1) is 6.10 Å². The zero-order chi connectivity index (χ0) is 13.8. The highest BCUT2D eigenvalue weighted by Gasteiger charge is 2.22. The molecule has 1 unspecified atom stereocenters. The third-order valence-corrected chi connectivity index (χ3v) is 3.23. The molecule has 0 radical (unpaired) electrons. The molecule has 1 N–H and O–H groups in total. The average molecular weight is 270 g/mol. The molecule has 19 heavy (non-hydrogen) atoms. The zero-order valence-corrected chi connectivity index (χ0v) is 11.4. The third kappa shape index (κ3) is 3.42. The molecule has 1 fully saturated rings. The summed E-state index contributed by atoms with van der Waals surface area (Å²) in [5, 5.41) is 2.89. The van der Waals surface area contributed by atoms with E-state index in [4.69, 9.17) is 4.74 Å². The van der Waals surface area contributed by atoms with Gasteiger partial charge in [-0.3, -0.25) is 0 Å². The van der Waals surface area contributed by atoms with Crippen LogP contribution in [0, 0.1) is 11.6 Å². The summed E-state index contributed by atoms with van der Waals surface area (Å²) >= 11 is 0. The molecule has 106 valence electrons. The largest absolute Gasteiger partial charge is 0.377 e. The Labute approximate surface area is 112 Å². The highest BCUT2D eigenvalue weighted by molar-refractivity contribution is 5.51. The van der Waals surface area contributed by atoms with Crippen molar-refractivity contribution in [3.05, 3.63) is 29.3 Å². The van der Waals surface area contributed by atoms with E-state index < -0.39 is 11.6 Å². The van der Waals surface area contributed by atoms with Gasteiger partial charge in [0.25, 0.3) is 0 Å². The summed E-state index contributed by atoms with van der Waals surface area (Å²) in [5.41, 5.74) is 0.678. The second-order valence-corrected chi connectivity index (χ2v) is 4.92. The fraction of sp³-hybridized carbons (Fsp3) is 0.571. The standard InChI is InChI=1S/C14H20F2N2O/c1-10-9-18(4-3-5-19-10)14-12(15)6-11(8-17-2)7-13(14)16/h6-7,10,17H,3-5,8-9H2,1-2H3. The van der Waals surface area contributed by atoms with Crippen LogP contribution in [0.1, 0.15) is 18.9 Å². The van der Waals surface area contributed by atoms with Crippen molar-refractivity contribution in [3.8, 4) is 0 Å². The molecule has 1 saturated heterocycles. The van der Waals surface area contributed by atoms with Gasteiger partial charge in [-0.1, -0.05) is 0 Å². The minimum Gasteiger partial charge on any atom is -0.377 e. The molecule has 1 aromatic carbocycles. The van der Waals surface area contributed by atoms with Gasteiger partial charge in [0.15, 0.2) is 0 Å². The van der Waals surface area contributed by atoms with Gasteiger partial charge in [0.2, 0.25) is 0 Å². The van der Waals surface area contributed by atoms with E-state index in [0.29, 0.717) is 31.8 Å². The first-order valence-corrected chi connectivity index (χ1v) is 6.61. The first-order chi connectivity index (χ1) is 9.11. The van der Waals surface area contributed by atoms with E-state index in [-0.39, 0.29) is 11.8 Å². The molecule has 0 spiro atoms. The summed E-state index contributed by atoms with van der Waals surface area (Å²) in [6.45, 7) is 4.14. The summed E-state index contributed by atoms with van der Waals surface area (Å²) in [6, 6.07) is 2.79. The highest BCUT2D eigenvalue weighted by atomic mass is 19.1. The lowest BCUT2D eigenvalue weighted by molar-refractivity contribution is 0.0820. The van der Waals surface area contributed by atoms with E-state index in [1.165, 1.54) is 12.1 Å². The van der Waals surface area contributed by atoms with Gasteiger partial charge in [-0.05, 0) is 38.1 Å². The van der Waals surface area contributed by atoms with Crippen LogP contribution >= 0.6 is 0 Å². The first kappa shape index (κ1) is 14.2. The van der Waals surface area contributed by atoms with Crippen LogP contribution in [0.25, 0.3) is 0 Å². The molecule has 1 aliphatic rings. The van der Waals surface area contributed by atoms with E-state index in [0.717, 1.165) is 6.42 Å². The fourth-order valence-electron chi connectivity index (χ4n) is 2.42. The summed E-state index contributed by atoms with van der Waals surface area (Å²) in [7, 11) is 1.75. The average Bonchev–Trinajstić information content (AvgIpc) is 2.53. The van der Waals surface area contributed by atoms with Crippen LogP contribution in [0.5, 0.6) is 0 Å². The van der Waals surface area contributed by atoms with Crippen LogP contribution in [-0.4, -0.2) is 32.8 Å². The number of anilines is 1. The minimum absolute atomic E-state index is 0.0155. The lowest BCUT2D eigenvalue weighted by Crippen LogP contribution is -2.31. The first-order valence-electron chi connectivity index (χ1n) is 6.61. The molecule has 0 aliphatic carbocycles. The van der Waals surface area contributed by atoms with Gasteiger partial charge in [-0.25, -0.2) is 8.78 Å². The molecule has 0 bridgehead atoms. The summed E-state index contributed by atoms with van der Waals surface area (Å²) in [6.07, 6.45) is 0.764. The lowest BCUT2D eigenvalue weighted by Gasteiger charge is -2.25. The van der Waals surface area contributed by atoms with E-state index in [1.54, 1.807) is 11.9 Å². The van der Waals surface area contributed by atoms with Crippen LogP contribution in [0.3, 0.4) is 0 Å². The molecular formula is C14H20F2N2O. The maximum atomic E-state index is 14.1. The number of ether oxygens (including phenoxy) is 1. The number of nitrogens with one attached hydrogen (secondary N) is 1. The number of hydrogen-bond donors (Lipinski definition) is 1. The van der Waals surface area contributed by atoms with Crippen LogP contribution in [0.4, 0.5) is 14.5 Å². The topological polar surface area (TPSA) is 24.5 Å². The number of nitrogens with zero attached hydrogens (tertiary/aromatic N) is 1. The quantitative estimate of drug-likeness (QED) is 0.912. The van der Waals surface area contributed by atoms with Crippen molar-refractivity contribution >= 4 is 5.69 Å². The molecule has 5 heteroatoms. The van der Waals surface area contributed by atoms with Crippen LogP contribution in [-0.2, 0) is 11.3 Å². The highest BCUT2D eigenvalue weighted by Crippen LogP contribution is 2.26. The second kappa shape index (κ2) is 6.30. The Morgan fingerprint density at radius 2 is 2.05 bits per heavy atom. The van der Waals surface area contributed by atoms with Crippen LogP contribution in [0.15, 0.2) is 12.1 Å². The van der Waals surface area contributed by atoms with Crippen molar-refractivity contribution in [2.75, 3.05) is 31.6 Å². The Morgan fingerprint density at radius 3 is 2.68 bits per heavy atom. The summed E-state index contributed by atoms with van der Waals surface area (Å²) in [4.78, 5) is 1.74. The molecule has 1 aliphatic heterocycles. The predicted molar refractivity (Wildman–Crippen MR) is 71.4 cm³/mol. The normalized spacial score (nSPS) is 20.4.